The van der Waals surface area contributed by atoms with E-state index < -0.39 is 15.9 Å². The smallest absolute Gasteiger partial charge is 0.251 e. The molecule has 1 fully saturated rings. The van der Waals surface area contributed by atoms with Crippen LogP contribution in [0.25, 0.3) is 0 Å². The summed E-state index contributed by atoms with van der Waals surface area (Å²) in [5, 5.41) is 6.23. The van der Waals surface area contributed by atoms with Crippen molar-refractivity contribution in [3.8, 4) is 0 Å². The average Bonchev–Trinajstić information content (AvgIpc) is 2.87. The molecule has 4 rings (SSSR count). The Hall–Kier alpha value is -3.11. The van der Waals surface area contributed by atoms with Crippen molar-refractivity contribution in [2.75, 3.05) is 37.2 Å². The van der Waals surface area contributed by atoms with Crippen molar-refractivity contribution >= 4 is 50.7 Å². The maximum atomic E-state index is 12.9. The van der Waals surface area contributed by atoms with Gasteiger partial charge in [0.05, 0.1) is 30.6 Å². The number of nitrogens with one attached hydrogen (secondary N) is 2. The zero-order valence-electron chi connectivity index (χ0n) is 20.9. The van der Waals surface area contributed by atoms with Gasteiger partial charge < -0.3 is 10.6 Å². The summed E-state index contributed by atoms with van der Waals surface area (Å²) in [6.45, 7) is 0.760. The molecule has 0 radical (unpaired) electrons. The van der Waals surface area contributed by atoms with Gasteiger partial charge in [0.15, 0.2) is 0 Å². The highest BCUT2D eigenvalue weighted by Gasteiger charge is 2.40. The zero-order valence-corrected chi connectivity index (χ0v) is 23.2. The van der Waals surface area contributed by atoms with E-state index in [1.54, 1.807) is 18.2 Å². The van der Waals surface area contributed by atoms with Crippen molar-refractivity contribution in [1.29, 1.82) is 0 Å². The molecule has 0 aliphatic carbocycles. The van der Waals surface area contributed by atoms with Crippen LogP contribution in [-0.4, -0.2) is 64.1 Å². The molecule has 0 atom stereocenters. The third-order valence-electron chi connectivity index (χ3n) is 6.37. The maximum absolute atomic E-state index is 12.9. The van der Waals surface area contributed by atoms with Crippen LogP contribution in [0.1, 0.15) is 27.5 Å². The minimum absolute atomic E-state index is 0.121. The number of likely N-dealkylation sites (N-methyl/N-ethyl adjacent to an activating group) is 1. The van der Waals surface area contributed by atoms with Crippen LogP contribution in [0.2, 0.25) is 10.0 Å². The summed E-state index contributed by atoms with van der Waals surface area (Å²) in [4.78, 5) is 26.2. The molecule has 0 spiro atoms. The first-order valence-corrected chi connectivity index (χ1v) is 14.5. The molecule has 0 aromatic heterocycles. The molecule has 0 saturated carbocycles. The molecular formula is C27H28Cl2N4O4S. The predicted octanol–water partition coefficient (Wildman–Crippen LogP) is 3.71. The second-order valence-electron chi connectivity index (χ2n) is 9.08. The number of likely N-dealkylation sites (tertiary alicyclic amines) is 1. The van der Waals surface area contributed by atoms with Gasteiger partial charge in [-0.3, -0.25) is 18.8 Å². The van der Waals surface area contributed by atoms with Crippen LogP contribution in [0, 0.1) is 0 Å². The number of amides is 2. The minimum Gasteiger partial charge on any atom is -0.358 e. The second-order valence-corrected chi connectivity index (χ2v) is 11.8. The quantitative estimate of drug-likeness (QED) is 0.406. The number of hydrogen-bond donors (Lipinski definition) is 2. The van der Waals surface area contributed by atoms with Gasteiger partial charge in [-0.25, -0.2) is 8.42 Å². The van der Waals surface area contributed by atoms with E-state index in [-0.39, 0.29) is 30.1 Å². The number of nitrogens with zero attached hydrogens (tertiary/aromatic N) is 2. The summed E-state index contributed by atoms with van der Waals surface area (Å²) in [5.41, 5.74) is 2.70. The summed E-state index contributed by atoms with van der Waals surface area (Å²) in [5.74, 6) is -0.803. The number of rotatable bonds is 9. The van der Waals surface area contributed by atoms with Crippen molar-refractivity contribution in [3.63, 3.8) is 0 Å². The lowest BCUT2D eigenvalue weighted by Gasteiger charge is -2.48. The molecule has 1 aliphatic rings. The molecule has 11 heteroatoms. The molecule has 38 heavy (non-hydrogen) atoms. The molecule has 3 aromatic rings. The molecule has 0 bridgehead atoms. The molecule has 2 N–H and O–H groups in total. The monoisotopic (exact) mass is 574 g/mol. The Morgan fingerprint density at radius 1 is 0.974 bits per heavy atom. The fourth-order valence-corrected chi connectivity index (χ4v) is 5.98. The molecule has 1 saturated heterocycles. The van der Waals surface area contributed by atoms with E-state index in [0.29, 0.717) is 28.8 Å². The van der Waals surface area contributed by atoms with Crippen LogP contribution in [0.15, 0.2) is 72.8 Å². The van der Waals surface area contributed by atoms with Gasteiger partial charge in [-0.15, -0.1) is 0 Å². The number of benzene rings is 3. The fourth-order valence-electron chi connectivity index (χ4n) is 4.56. The van der Waals surface area contributed by atoms with Crippen LogP contribution >= 0.6 is 23.2 Å². The number of halogens is 2. The standard InChI is InChI=1S/C27H28Cl2N4O4S/c1-30-25(34)15-31-27(35)20-4-3-5-23(14-20)33(38(2,36)37)24-16-32(17-24)26(18-6-10-21(28)11-7-18)19-8-12-22(29)13-9-19/h3-14,24,26H,15-17H2,1-2H3,(H,30,34)(H,31,35). The van der Waals surface area contributed by atoms with Crippen molar-refractivity contribution < 1.29 is 18.0 Å². The SMILES string of the molecule is CNC(=O)CNC(=O)c1cccc(N(C2CN(C(c3ccc(Cl)cc3)c3ccc(Cl)cc3)C2)S(C)(=O)=O)c1. The van der Waals surface area contributed by atoms with E-state index in [1.807, 2.05) is 48.5 Å². The van der Waals surface area contributed by atoms with Crippen molar-refractivity contribution in [3.05, 3.63) is 99.5 Å². The summed E-state index contributed by atoms with van der Waals surface area (Å²) in [6.07, 6.45) is 1.16. The Kier molecular flexibility index (Phi) is 8.62. The molecule has 1 heterocycles. The van der Waals surface area contributed by atoms with Gasteiger partial charge in [-0.2, -0.15) is 0 Å². The minimum atomic E-state index is -3.66. The lowest BCUT2D eigenvalue weighted by Crippen LogP contribution is -2.61. The van der Waals surface area contributed by atoms with Gasteiger partial charge in [0.2, 0.25) is 15.9 Å². The predicted molar refractivity (Wildman–Crippen MR) is 150 cm³/mol. The van der Waals surface area contributed by atoms with Crippen molar-refractivity contribution in [2.24, 2.45) is 0 Å². The Morgan fingerprint density at radius 3 is 2.03 bits per heavy atom. The topological polar surface area (TPSA) is 98.8 Å². The van der Waals surface area contributed by atoms with E-state index >= 15 is 0 Å². The Labute approximate surface area is 232 Å². The van der Waals surface area contributed by atoms with Crippen LogP contribution in [-0.2, 0) is 14.8 Å². The summed E-state index contributed by atoms with van der Waals surface area (Å²) in [7, 11) is -2.19. The lowest BCUT2D eigenvalue weighted by atomic mass is 9.93. The molecule has 2 amide bonds. The highest BCUT2D eigenvalue weighted by atomic mass is 35.5. The lowest BCUT2D eigenvalue weighted by molar-refractivity contribution is -0.119. The van der Waals surface area contributed by atoms with E-state index in [4.69, 9.17) is 23.2 Å². The number of carbonyl (C=O) groups excluding carboxylic acids is 2. The normalized spacial score (nSPS) is 14.1. The third kappa shape index (κ3) is 6.47. The van der Waals surface area contributed by atoms with Gasteiger partial charge in [0.1, 0.15) is 0 Å². The fraction of sp³-hybridized carbons (Fsp3) is 0.259. The van der Waals surface area contributed by atoms with Crippen LogP contribution in [0.5, 0.6) is 0 Å². The highest BCUT2D eigenvalue weighted by molar-refractivity contribution is 7.92. The second kappa shape index (κ2) is 11.7. The van der Waals surface area contributed by atoms with E-state index in [0.717, 1.165) is 17.4 Å². The number of hydrogen-bond acceptors (Lipinski definition) is 5. The Bertz CT molecular complexity index is 1360. The van der Waals surface area contributed by atoms with Crippen molar-refractivity contribution in [1.82, 2.24) is 15.5 Å². The Balaban J connectivity index is 1.58. The highest BCUT2D eigenvalue weighted by Crippen LogP contribution is 2.36. The molecule has 1 aliphatic heterocycles. The molecule has 0 unspecified atom stereocenters. The van der Waals surface area contributed by atoms with Crippen molar-refractivity contribution in [2.45, 2.75) is 12.1 Å². The Morgan fingerprint density at radius 2 is 1.53 bits per heavy atom. The molecule has 200 valence electrons. The molecule has 3 aromatic carbocycles. The summed E-state index contributed by atoms with van der Waals surface area (Å²) >= 11 is 12.2. The van der Waals surface area contributed by atoms with Gasteiger partial charge in [0.25, 0.3) is 5.91 Å². The zero-order chi connectivity index (χ0) is 27.4. The first kappa shape index (κ1) is 27.9. The van der Waals surface area contributed by atoms with E-state index in [9.17, 15) is 18.0 Å². The van der Waals surface area contributed by atoms with E-state index in [2.05, 4.69) is 15.5 Å². The van der Waals surface area contributed by atoms with Gasteiger partial charge in [-0.1, -0.05) is 53.5 Å². The van der Waals surface area contributed by atoms with Gasteiger partial charge in [-0.05, 0) is 53.6 Å². The summed E-state index contributed by atoms with van der Waals surface area (Å²) in [6, 6.07) is 21.1. The number of carbonyl (C=O) groups is 2. The molecular weight excluding hydrogens is 547 g/mol. The van der Waals surface area contributed by atoms with Crippen LogP contribution in [0.4, 0.5) is 5.69 Å². The molecule has 8 nitrogen and oxygen atoms in total. The first-order valence-electron chi connectivity index (χ1n) is 11.9. The number of sulfonamides is 1. The van der Waals surface area contributed by atoms with E-state index in [1.165, 1.54) is 17.4 Å². The number of anilines is 1. The van der Waals surface area contributed by atoms with Gasteiger partial charge in [0, 0.05) is 35.7 Å². The van der Waals surface area contributed by atoms with Crippen LogP contribution < -0.4 is 14.9 Å². The largest absolute Gasteiger partial charge is 0.358 e. The van der Waals surface area contributed by atoms with Crippen LogP contribution in [0.3, 0.4) is 0 Å². The first-order chi connectivity index (χ1) is 18.1. The maximum Gasteiger partial charge on any atom is 0.251 e. The van der Waals surface area contributed by atoms with Gasteiger partial charge >= 0.3 is 0 Å². The third-order valence-corrected chi connectivity index (χ3v) is 8.09. The summed E-state index contributed by atoms with van der Waals surface area (Å²) < 4.78 is 27.2. The average molecular weight is 576 g/mol.